The molecule has 0 fully saturated rings. The fourth-order valence-electron chi connectivity index (χ4n) is 1.93. The fraction of sp³-hybridized carbons (Fsp3) is 0.286. The molecular weight excluding hydrogens is 236 g/mol. The minimum Gasteiger partial charge on any atom is -0.472 e. The molecule has 2 nitrogen and oxygen atoms in total. The first-order chi connectivity index (χ1) is 8.70. The molecule has 2 aromatic rings. The molecule has 1 aromatic heterocycles. The van der Waals surface area contributed by atoms with Crippen LogP contribution in [0.5, 0.6) is 0 Å². The van der Waals surface area contributed by atoms with Crippen LogP contribution in [0.25, 0.3) is 0 Å². The van der Waals surface area contributed by atoms with Gasteiger partial charge in [-0.05, 0) is 36.7 Å². The number of hydrogen-bond acceptors (Lipinski definition) is 2. The number of hydrogen-bond donors (Lipinski definition) is 1. The zero-order chi connectivity index (χ0) is 13.0. The average Bonchev–Trinajstić information content (AvgIpc) is 2.87. The predicted molar refractivity (Wildman–Crippen MR) is 65.2 cm³/mol. The highest BCUT2D eigenvalue weighted by Gasteiger charge is 2.13. The SMILES string of the molecule is CCNC(Cc1ccc(F)c(F)c1)c1ccoc1. The molecule has 18 heavy (non-hydrogen) atoms. The van der Waals surface area contributed by atoms with Crippen LogP contribution >= 0.6 is 0 Å². The summed E-state index contributed by atoms with van der Waals surface area (Å²) in [5.74, 6) is -1.63. The summed E-state index contributed by atoms with van der Waals surface area (Å²) < 4.78 is 31.0. The summed E-state index contributed by atoms with van der Waals surface area (Å²) in [7, 11) is 0. The Labute approximate surface area is 105 Å². The fourth-order valence-corrected chi connectivity index (χ4v) is 1.93. The second-order valence-electron chi connectivity index (χ2n) is 4.12. The Balaban J connectivity index is 2.16. The molecule has 0 saturated carbocycles. The second kappa shape index (κ2) is 5.78. The van der Waals surface area contributed by atoms with E-state index in [-0.39, 0.29) is 6.04 Å². The van der Waals surface area contributed by atoms with Crippen molar-refractivity contribution in [2.45, 2.75) is 19.4 Å². The van der Waals surface area contributed by atoms with Crippen molar-refractivity contribution in [2.75, 3.05) is 6.54 Å². The van der Waals surface area contributed by atoms with E-state index >= 15 is 0 Å². The van der Waals surface area contributed by atoms with Crippen LogP contribution in [0.1, 0.15) is 24.1 Å². The van der Waals surface area contributed by atoms with Gasteiger partial charge in [0.2, 0.25) is 0 Å². The van der Waals surface area contributed by atoms with Gasteiger partial charge in [0, 0.05) is 11.6 Å². The molecular formula is C14H15F2NO. The highest BCUT2D eigenvalue weighted by atomic mass is 19.2. The van der Waals surface area contributed by atoms with Crippen molar-refractivity contribution in [1.29, 1.82) is 0 Å². The standard InChI is InChI=1S/C14H15F2NO/c1-2-17-14(11-5-6-18-9-11)8-10-3-4-12(15)13(16)7-10/h3-7,9,14,17H,2,8H2,1H3. The summed E-state index contributed by atoms with van der Waals surface area (Å²) in [6.07, 6.45) is 3.85. The van der Waals surface area contributed by atoms with Crippen LogP contribution < -0.4 is 5.32 Å². The van der Waals surface area contributed by atoms with Gasteiger partial charge in [-0.3, -0.25) is 0 Å². The Morgan fingerprint density at radius 1 is 1.22 bits per heavy atom. The first kappa shape index (κ1) is 12.8. The zero-order valence-electron chi connectivity index (χ0n) is 10.1. The number of nitrogens with one attached hydrogen (secondary N) is 1. The molecule has 0 spiro atoms. The van der Waals surface area contributed by atoms with Gasteiger partial charge in [-0.2, -0.15) is 0 Å². The summed E-state index contributed by atoms with van der Waals surface area (Å²) in [6, 6.07) is 5.90. The molecule has 1 atom stereocenters. The highest BCUT2D eigenvalue weighted by molar-refractivity contribution is 5.22. The third-order valence-corrected chi connectivity index (χ3v) is 2.82. The lowest BCUT2D eigenvalue weighted by molar-refractivity contribution is 0.500. The van der Waals surface area contributed by atoms with Crippen molar-refractivity contribution in [2.24, 2.45) is 0 Å². The Kier molecular flexibility index (Phi) is 4.10. The first-order valence-electron chi connectivity index (χ1n) is 5.90. The Bertz CT molecular complexity index is 497. The summed E-state index contributed by atoms with van der Waals surface area (Å²) >= 11 is 0. The van der Waals surface area contributed by atoms with E-state index in [4.69, 9.17) is 4.42 Å². The molecule has 96 valence electrons. The molecule has 0 radical (unpaired) electrons. The van der Waals surface area contributed by atoms with Crippen molar-refractivity contribution in [3.8, 4) is 0 Å². The van der Waals surface area contributed by atoms with Gasteiger partial charge in [-0.15, -0.1) is 0 Å². The van der Waals surface area contributed by atoms with Crippen molar-refractivity contribution in [3.63, 3.8) is 0 Å². The van der Waals surface area contributed by atoms with E-state index < -0.39 is 11.6 Å². The number of likely N-dealkylation sites (N-methyl/N-ethyl adjacent to an activating group) is 1. The van der Waals surface area contributed by atoms with Crippen molar-refractivity contribution >= 4 is 0 Å². The molecule has 1 heterocycles. The molecule has 0 aliphatic heterocycles. The average molecular weight is 251 g/mol. The van der Waals surface area contributed by atoms with E-state index in [9.17, 15) is 8.78 Å². The molecule has 1 aromatic carbocycles. The second-order valence-corrected chi connectivity index (χ2v) is 4.12. The molecule has 0 aliphatic rings. The van der Waals surface area contributed by atoms with Gasteiger partial charge in [0.25, 0.3) is 0 Å². The zero-order valence-corrected chi connectivity index (χ0v) is 10.1. The van der Waals surface area contributed by atoms with Crippen molar-refractivity contribution < 1.29 is 13.2 Å². The van der Waals surface area contributed by atoms with Crippen LogP contribution in [-0.2, 0) is 6.42 Å². The van der Waals surface area contributed by atoms with Crippen LogP contribution in [0, 0.1) is 11.6 Å². The largest absolute Gasteiger partial charge is 0.472 e. The van der Waals surface area contributed by atoms with E-state index in [1.54, 1.807) is 18.6 Å². The van der Waals surface area contributed by atoms with Crippen LogP contribution in [-0.4, -0.2) is 6.54 Å². The Morgan fingerprint density at radius 2 is 2.06 bits per heavy atom. The predicted octanol–water partition coefficient (Wildman–Crippen LogP) is 3.45. The van der Waals surface area contributed by atoms with Crippen LogP contribution in [0.15, 0.2) is 41.2 Å². The van der Waals surface area contributed by atoms with Crippen molar-refractivity contribution in [1.82, 2.24) is 5.32 Å². The van der Waals surface area contributed by atoms with Gasteiger partial charge < -0.3 is 9.73 Å². The lowest BCUT2D eigenvalue weighted by Crippen LogP contribution is -2.22. The monoisotopic (exact) mass is 251 g/mol. The molecule has 0 aliphatic carbocycles. The van der Waals surface area contributed by atoms with Gasteiger partial charge in [0.15, 0.2) is 11.6 Å². The Hall–Kier alpha value is -1.68. The Morgan fingerprint density at radius 3 is 2.67 bits per heavy atom. The molecule has 1 unspecified atom stereocenters. The van der Waals surface area contributed by atoms with E-state index in [1.165, 1.54) is 6.07 Å². The molecule has 4 heteroatoms. The third-order valence-electron chi connectivity index (χ3n) is 2.82. The normalized spacial score (nSPS) is 12.6. The van der Waals surface area contributed by atoms with Gasteiger partial charge in [0.05, 0.1) is 12.5 Å². The number of halogens is 2. The van der Waals surface area contributed by atoms with E-state index in [0.29, 0.717) is 6.42 Å². The quantitative estimate of drug-likeness (QED) is 0.880. The number of benzene rings is 1. The van der Waals surface area contributed by atoms with E-state index in [2.05, 4.69) is 5.32 Å². The van der Waals surface area contributed by atoms with Crippen LogP contribution in [0.2, 0.25) is 0 Å². The maximum atomic E-state index is 13.1. The summed E-state index contributed by atoms with van der Waals surface area (Å²) in [5.41, 5.74) is 1.75. The van der Waals surface area contributed by atoms with Crippen LogP contribution in [0.4, 0.5) is 8.78 Å². The topological polar surface area (TPSA) is 25.2 Å². The molecule has 1 N–H and O–H groups in total. The smallest absolute Gasteiger partial charge is 0.159 e. The van der Waals surface area contributed by atoms with Gasteiger partial charge >= 0.3 is 0 Å². The number of furan rings is 1. The van der Waals surface area contributed by atoms with Gasteiger partial charge in [-0.1, -0.05) is 13.0 Å². The lowest BCUT2D eigenvalue weighted by atomic mass is 10.0. The van der Waals surface area contributed by atoms with Gasteiger partial charge in [0.1, 0.15) is 0 Å². The lowest BCUT2D eigenvalue weighted by Gasteiger charge is -2.16. The van der Waals surface area contributed by atoms with E-state index in [1.807, 2.05) is 13.0 Å². The van der Waals surface area contributed by atoms with Crippen molar-refractivity contribution in [3.05, 3.63) is 59.6 Å². The van der Waals surface area contributed by atoms with Gasteiger partial charge in [-0.25, -0.2) is 8.78 Å². The minimum atomic E-state index is -0.818. The third kappa shape index (κ3) is 2.96. The molecule has 0 bridgehead atoms. The van der Waals surface area contributed by atoms with E-state index in [0.717, 1.165) is 23.7 Å². The maximum absolute atomic E-state index is 13.1. The summed E-state index contributed by atoms with van der Waals surface area (Å²) in [4.78, 5) is 0. The highest BCUT2D eigenvalue weighted by Crippen LogP contribution is 2.20. The molecule has 0 amide bonds. The number of rotatable bonds is 5. The molecule has 2 rings (SSSR count). The molecule has 0 saturated heterocycles. The summed E-state index contributed by atoms with van der Waals surface area (Å²) in [5, 5.41) is 3.29. The summed E-state index contributed by atoms with van der Waals surface area (Å²) in [6.45, 7) is 2.79. The minimum absolute atomic E-state index is 0.0404. The van der Waals surface area contributed by atoms with Crippen LogP contribution in [0.3, 0.4) is 0 Å². The maximum Gasteiger partial charge on any atom is 0.159 e. The first-order valence-corrected chi connectivity index (χ1v) is 5.90.